The Hall–Kier alpha value is -0.860. The molecule has 0 aromatic heterocycles. The molecular weight excluding hydrogens is 232 g/mol. The molecular formula is C17H26N2. The second-order valence-corrected chi connectivity index (χ2v) is 6.14. The summed E-state index contributed by atoms with van der Waals surface area (Å²) < 4.78 is 0. The summed E-state index contributed by atoms with van der Waals surface area (Å²) in [5.74, 6) is 0.831. The van der Waals surface area contributed by atoms with Gasteiger partial charge in [-0.05, 0) is 36.3 Å². The highest BCUT2D eigenvalue weighted by Crippen LogP contribution is 2.32. The molecule has 2 N–H and O–H groups in total. The van der Waals surface area contributed by atoms with Gasteiger partial charge in [0.15, 0.2) is 0 Å². The van der Waals surface area contributed by atoms with E-state index in [0.29, 0.717) is 6.04 Å². The van der Waals surface area contributed by atoms with Gasteiger partial charge in [0.2, 0.25) is 0 Å². The van der Waals surface area contributed by atoms with Crippen LogP contribution in [-0.4, -0.2) is 25.7 Å². The van der Waals surface area contributed by atoms with Crippen molar-refractivity contribution in [2.75, 3.05) is 19.6 Å². The van der Waals surface area contributed by atoms with Crippen molar-refractivity contribution >= 4 is 0 Å². The Labute approximate surface area is 117 Å². The molecule has 2 aliphatic rings. The molecule has 2 nitrogen and oxygen atoms in total. The van der Waals surface area contributed by atoms with Crippen LogP contribution >= 0.6 is 0 Å². The first-order valence-electron chi connectivity index (χ1n) is 7.95. The van der Waals surface area contributed by atoms with Crippen molar-refractivity contribution in [2.45, 2.75) is 50.5 Å². The summed E-state index contributed by atoms with van der Waals surface area (Å²) in [6.45, 7) is 3.31. The molecule has 1 atom stereocenters. The van der Waals surface area contributed by atoms with Crippen LogP contribution in [0.3, 0.4) is 0 Å². The summed E-state index contributed by atoms with van der Waals surface area (Å²) in [5, 5.41) is 7.04. The maximum absolute atomic E-state index is 3.58. The molecule has 1 unspecified atom stereocenters. The molecule has 1 saturated heterocycles. The van der Waals surface area contributed by atoms with E-state index in [0.717, 1.165) is 32.0 Å². The van der Waals surface area contributed by atoms with Gasteiger partial charge < -0.3 is 10.6 Å². The molecule has 0 bridgehead atoms. The molecule has 1 aromatic rings. The molecule has 1 saturated carbocycles. The summed E-state index contributed by atoms with van der Waals surface area (Å²) >= 11 is 0. The fourth-order valence-corrected chi connectivity index (χ4v) is 3.50. The minimum Gasteiger partial charge on any atom is -0.314 e. The monoisotopic (exact) mass is 258 g/mol. The highest BCUT2D eigenvalue weighted by atomic mass is 15.0. The quantitative estimate of drug-likeness (QED) is 0.871. The Bertz CT molecular complexity index is 373. The van der Waals surface area contributed by atoms with Gasteiger partial charge in [-0.2, -0.15) is 0 Å². The lowest BCUT2D eigenvalue weighted by molar-refractivity contribution is 0.416. The highest BCUT2D eigenvalue weighted by molar-refractivity contribution is 5.26. The van der Waals surface area contributed by atoms with Gasteiger partial charge in [0.1, 0.15) is 0 Å². The number of benzene rings is 1. The Morgan fingerprint density at radius 2 is 1.74 bits per heavy atom. The zero-order valence-electron chi connectivity index (χ0n) is 11.8. The summed E-state index contributed by atoms with van der Waals surface area (Å²) in [6.07, 6.45) is 8.22. The average Bonchev–Trinajstić information content (AvgIpc) is 2.50. The van der Waals surface area contributed by atoms with E-state index in [1.54, 1.807) is 5.56 Å². The predicted molar refractivity (Wildman–Crippen MR) is 80.6 cm³/mol. The molecule has 0 spiro atoms. The zero-order valence-corrected chi connectivity index (χ0v) is 11.8. The van der Waals surface area contributed by atoms with Crippen molar-refractivity contribution in [3.05, 3.63) is 35.4 Å². The van der Waals surface area contributed by atoms with Gasteiger partial charge >= 0.3 is 0 Å². The molecule has 1 aliphatic heterocycles. The first-order valence-corrected chi connectivity index (χ1v) is 7.95. The number of hydrogen-bond acceptors (Lipinski definition) is 2. The number of piperazine rings is 1. The van der Waals surface area contributed by atoms with E-state index in [-0.39, 0.29) is 0 Å². The maximum Gasteiger partial charge on any atom is 0.0233 e. The zero-order chi connectivity index (χ0) is 12.9. The van der Waals surface area contributed by atoms with Crippen molar-refractivity contribution in [1.82, 2.24) is 10.6 Å². The van der Waals surface area contributed by atoms with Crippen LogP contribution in [0.15, 0.2) is 24.3 Å². The highest BCUT2D eigenvalue weighted by Gasteiger charge is 2.16. The Morgan fingerprint density at radius 3 is 2.42 bits per heavy atom. The van der Waals surface area contributed by atoms with Crippen LogP contribution in [0.1, 0.15) is 49.1 Å². The van der Waals surface area contributed by atoms with Crippen LogP contribution < -0.4 is 10.6 Å². The van der Waals surface area contributed by atoms with E-state index in [2.05, 4.69) is 34.9 Å². The van der Waals surface area contributed by atoms with Gasteiger partial charge in [0.05, 0.1) is 0 Å². The molecule has 0 radical (unpaired) electrons. The predicted octanol–water partition coefficient (Wildman–Crippen LogP) is 2.84. The summed E-state index contributed by atoms with van der Waals surface area (Å²) in [5.41, 5.74) is 3.04. The van der Waals surface area contributed by atoms with E-state index >= 15 is 0 Å². The summed E-state index contributed by atoms with van der Waals surface area (Å²) in [7, 11) is 0. The normalized spacial score (nSPS) is 25.4. The number of nitrogens with one attached hydrogen (secondary N) is 2. The average molecular weight is 258 g/mol. The molecule has 1 aromatic carbocycles. The smallest absolute Gasteiger partial charge is 0.0233 e. The lowest BCUT2D eigenvalue weighted by Crippen LogP contribution is -2.49. The molecule has 2 fully saturated rings. The second kappa shape index (κ2) is 6.53. The Kier molecular flexibility index (Phi) is 4.52. The third-order valence-electron chi connectivity index (χ3n) is 4.66. The van der Waals surface area contributed by atoms with Crippen LogP contribution in [0.4, 0.5) is 0 Å². The molecule has 1 aliphatic carbocycles. The molecule has 3 rings (SSSR count). The van der Waals surface area contributed by atoms with Gasteiger partial charge in [0, 0.05) is 25.7 Å². The summed E-state index contributed by atoms with van der Waals surface area (Å²) in [4.78, 5) is 0. The lowest BCUT2D eigenvalue weighted by Gasteiger charge is -2.25. The first kappa shape index (κ1) is 13.1. The summed E-state index contributed by atoms with van der Waals surface area (Å²) in [6, 6.07) is 10.1. The van der Waals surface area contributed by atoms with E-state index < -0.39 is 0 Å². The van der Waals surface area contributed by atoms with Crippen LogP contribution in [0, 0.1) is 0 Å². The minimum absolute atomic E-state index is 0.606. The van der Waals surface area contributed by atoms with E-state index in [4.69, 9.17) is 0 Å². The van der Waals surface area contributed by atoms with Gasteiger partial charge in [-0.3, -0.25) is 0 Å². The topological polar surface area (TPSA) is 24.1 Å². The maximum atomic E-state index is 3.58. The van der Waals surface area contributed by atoms with Crippen molar-refractivity contribution < 1.29 is 0 Å². The van der Waals surface area contributed by atoms with Crippen molar-refractivity contribution in [1.29, 1.82) is 0 Å². The van der Waals surface area contributed by atoms with Crippen molar-refractivity contribution in [3.8, 4) is 0 Å². The molecule has 0 amide bonds. The van der Waals surface area contributed by atoms with Crippen LogP contribution in [-0.2, 0) is 6.42 Å². The van der Waals surface area contributed by atoms with E-state index in [1.165, 1.54) is 37.7 Å². The van der Waals surface area contributed by atoms with Gasteiger partial charge in [-0.15, -0.1) is 0 Å². The van der Waals surface area contributed by atoms with Crippen LogP contribution in [0.5, 0.6) is 0 Å². The Morgan fingerprint density at radius 1 is 0.947 bits per heavy atom. The van der Waals surface area contributed by atoms with Gasteiger partial charge in [-0.1, -0.05) is 43.5 Å². The number of hydrogen-bond donors (Lipinski definition) is 2. The fourth-order valence-electron chi connectivity index (χ4n) is 3.50. The Balaban J connectivity index is 1.58. The SMILES string of the molecule is c1cc(C2CCCCC2)ccc1CC1CNCCN1. The van der Waals surface area contributed by atoms with Crippen LogP contribution in [0.25, 0.3) is 0 Å². The lowest BCUT2D eigenvalue weighted by atomic mass is 9.84. The van der Waals surface area contributed by atoms with E-state index in [1.807, 2.05) is 0 Å². The largest absolute Gasteiger partial charge is 0.314 e. The van der Waals surface area contributed by atoms with E-state index in [9.17, 15) is 0 Å². The molecule has 1 heterocycles. The number of rotatable bonds is 3. The standard InChI is InChI=1S/C17H26N2/c1-2-4-15(5-3-1)16-8-6-14(7-9-16)12-17-13-18-10-11-19-17/h6-9,15,17-19H,1-5,10-13H2. The minimum atomic E-state index is 0.606. The third-order valence-corrected chi connectivity index (χ3v) is 4.66. The molecule has 19 heavy (non-hydrogen) atoms. The molecule has 104 valence electrons. The van der Waals surface area contributed by atoms with Gasteiger partial charge in [-0.25, -0.2) is 0 Å². The third kappa shape index (κ3) is 3.58. The second-order valence-electron chi connectivity index (χ2n) is 6.14. The molecule has 2 heteroatoms. The van der Waals surface area contributed by atoms with Crippen LogP contribution in [0.2, 0.25) is 0 Å². The fraction of sp³-hybridized carbons (Fsp3) is 0.647. The van der Waals surface area contributed by atoms with Crippen molar-refractivity contribution in [3.63, 3.8) is 0 Å². The first-order chi connectivity index (χ1) is 9.42. The van der Waals surface area contributed by atoms with Gasteiger partial charge in [0.25, 0.3) is 0 Å². The van der Waals surface area contributed by atoms with Crippen molar-refractivity contribution in [2.24, 2.45) is 0 Å².